The first-order chi connectivity index (χ1) is 9.52. The predicted molar refractivity (Wildman–Crippen MR) is 85.1 cm³/mol. The number of aliphatic hydroxyl groups is 2. The van der Waals surface area contributed by atoms with Crippen molar-refractivity contribution >= 4 is 21.6 Å². The summed E-state index contributed by atoms with van der Waals surface area (Å²) in [6.07, 6.45) is -0.203. The number of aliphatic hydroxyl groups excluding tert-OH is 2. The SMILES string of the molecule is CCCNC(C)c1ccc(N2CC(O)C(O)C2)c(Br)c1. The Kier molecular flexibility index (Phi) is 5.43. The van der Waals surface area contributed by atoms with Gasteiger partial charge in [0.2, 0.25) is 0 Å². The van der Waals surface area contributed by atoms with Crippen LogP contribution in [0.3, 0.4) is 0 Å². The minimum absolute atomic E-state index is 0.315. The first-order valence-electron chi connectivity index (χ1n) is 7.16. The van der Waals surface area contributed by atoms with E-state index in [4.69, 9.17) is 0 Å². The van der Waals surface area contributed by atoms with Crippen molar-refractivity contribution in [3.05, 3.63) is 28.2 Å². The summed E-state index contributed by atoms with van der Waals surface area (Å²) in [4.78, 5) is 2.01. The fourth-order valence-electron chi connectivity index (χ4n) is 2.49. The highest BCUT2D eigenvalue weighted by atomic mass is 79.9. The lowest BCUT2D eigenvalue weighted by Crippen LogP contribution is -2.22. The summed E-state index contributed by atoms with van der Waals surface area (Å²) in [7, 11) is 0. The van der Waals surface area contributed by atoms with Crippen LogP contribution in [0.1, 0.15) is 31.9 Å². The molecule has 3 N–H and O–H groups in total. The summed E-state index contributed by atoms with van der Waals surface area (Å²) in [5, 5.41) is 22.8. The van der Waals surface area contributed by atoms with Crippen LogP contribution in [0.2, 0.25) is 0 Å². The second-order valence-electron chi connectivity index (χ2n) is 5.43. The first-order valence-corrected chi connectivity index (χ1v) is 7.96. The normalized spacial score (nSPS) is 24.1. The van der Waals surface area contributed by atoms with Crippen molar-refractivity contribution in [1.82, 2.24) is 5.32 Å². The van der Waals surface area contributed by atoms with Gasteiger partial charge < -0.3 is 20.4 Å². The molecule has 1 aromatic rings. The van der Waals surface area contributed by atoms with Gasteiger partial charge in [0, 0.05) is 23.6 Å². The van der Waals surface area contributed by atoms with Gasteiger partial charge in [-0.05, 0) is 53.5 Å². The minimum atomic E-state index is -0.660. The third kappa shape index (κ3) is 3.52. The smallest absolute Gasteiger partial charge is 0.0990 e. The fourth-order valence-corrected chi connectivity index (χ4v) is 3.14. The molecule has 0 bridgehead atoms. The summed E-state index contributed by atoms with van der Waals surface area (Å²) >= 11 is 3.60. The molecular formula is C15H23BrN2O2. The van der Waals surface area contributed by atoms with E-state index in [9.17, 15) is 10.2 Å². The Bertz CT molecular complexity index is 445. The van der Waals surface area contributed by atoms with Crippen molar-refractivity contribution in [3.8, 4) is 0 Å². The van der Waals surface area contributed by atoms with E-state index >= 15 is 0 Å². The topological polar surface area (TPSA) is 55.7 Å². The zero-order valence-electron chi connectivity index (χ0n) is 12.0. The molecule has 4 nitrogen and oxygen atoms in total. The van der Waals surface area contributed by atoms with Crippen LogP contribution in [0.25, 0.3) is 0 Å². The van der Waals surface area contributed by atoms with E-state index in [-0.39, 0.29) is 0 Å². The van der Waals surface area contributed by atoms with Crippen molar-refractivity contribution in [2.45, 2.75) is 38.5 Å². The maximum Gasteiger partial charge on any atom is 0.0990 e. The molecular weight excluding hydrogens is 320 g/mol. The molecule has 3 unspecified atom stereocenters. The number of rotatable bonds is 5. The quantitative estimate of drug-likeness (QED) is 0.766. The average molecular weight is 343 g/mol. The standard InChI is InChI=1S/C15H23BrN2O2/c1-3-6-17-10(2)11-4-5-13(12(16)7-11)18-8-14(19)15(20)9-18/h4-5,7,10,14-15,17,19-20H,3,6,8-9H2,1-2H3. The molecule has 0 amide bonds. The minimum Gasteiger partial charge on any atom is -0.389 e. The maximum absolute atomic E-state index is 9.64. The lowest BCUT2D eigenvalue weighted by Gasteiger charge is -2.21. The van der Waals surface area contributed by atoms with Crippen LogP contribution < -0.4 is 10.2 Å². The number of hydrogen-bond donors (Lipinski definition) is 3. The molecule has 0 saturated carbocycles. The summed E-state index contributed by atoms with van der Waals surface area (Å²) in [5.74, 6) is 0. The second-order valence-corrected chi connectivity index (χ2v) is 6.28. The van der Waals surface area contributed by atoms with Gasteiger partial charge in [-0.15, -0.1) is 0 Å². The third-order valence-corrected chi connectivity index (χ3v) is 4.41. The van der Waals surface area contributed by atoms with E-state index in [1.165, 1.54) is 5.56 Å². The van der Waals surface area contributed by atoms with Gasteiger partial charge in [-0.3, -0.25) is 0 Å². The summed E-state index contributed by atoms with van der Waals surface area (Å²) in [6.45, 7) is 6.26. The fraction of sp³-hybridized carbons (Fsp3) is 0.600. The van der Waals surface area contributed by atoms with Crippen molar-refractivity contribution < 1.29 is 10.2 Å². The van der Waals surface area contributed by atoms with Gasteiger partial charge in [0.1, 0.15) is 0 Å². The predicted octanol–water partition coefficient (Wildman–Crippen LogP) is 2.05. The Balaban J connectivity index is 2.10. The molecule has 20 heavy (non-hydrogen) atoms. The van der Waals surface area contributed by atoms with Crippen molar-refractivity contribution in [3.63, 3.8) is 0 Å². The van der Waals surface area contributed by atoms with E-state index < -0.39 is 12.2 Å². The highest BCUT2D eigenvalue weighted by molar-refractivity contribution is 9.10. The van der Waals surface area contributed by atoms with Gasteiger partial charge in [0.05, 0.1) is 17.9 Å². The van der Waals surface area contributed by atoms with Crippen LogP contribution >= 0.6 is 15.9 Å². The third-order valence-electron chi connectivity index (χ3n) is 3.77. The number of anilines is 1. The highest BCUT2D eigenvalue weighted by Crippen LogP contribution is 2.31. The Labute approximate surface area is 128 Å². The van der Waals surface area contributed by atoms with Gasteiger partial charge >= 0.3 is 0 Å². The largest absolute Gasteiger partial charge is 0.389 e. The van der Waals surface area contributed by atoms with Crippen LogP contribution in [-0.2, 0) is 0 Å². The van der Waals surface area contributed by atoms with E-state index in [1.54, 1.807) is 0 Å². The highest BCUT2D eigenvalue weighted by Gasteiger charge is 2.30. The van der Waals surface area contributed by atoms with Gasteiger partial charge in [0.15, 0.2) is 0 Å². The number of nitrogens with one attached hydrogen (secondary N) is 1. The van der Waals surface area contributed by atoms with Gasteiger partial charge in [-0.25, -0.2) is 0 Å². The molecule has 1 aliphatic heterocycles. The Hall–Kier alpha value is -0.620. The molecule has 0 spiro atoms. The lowest BCUT2D eigenvalue weighted by molar-refractivity contribution is 0.0572. The molecule has 5 heteroatoms. The van der Waals surface area contributed by atoms with Crippen molar-refractivity contribution in [2.24, 2.45) is 0 Å². The number of β-amino-alcohol motifs (C(OH)–C–C–N with tert-alkyl or cyclic N) is 2. The van der Waals surface area contributed by atoms with Crippen molar-refractivity contribution in [1.29, 1.82) is 0 Å². The van der Waals surface area contributed by atoms with E-state index in [2.05, 4.69) is 47.2 Å². The molecule has 3 atom stereocenters. The molecule has 1 aromatic carbocycles. The molecule has 0 aromatic heterocycles. The molecule has 1 aliphatic rings. The van der Waals surface area contributed by atoms with Crippen LogP contribution in [0.5, 0.6) is 0 Å². The van der Waals surface area contributed by atoms with Crippen LogP contribution in [0.4, 0.5) is 5.69 Å². The van der Waals surface area contributed by atoms with E-state index in [0.717, 1.165) is 23.1 Å². The first kappa shape index (κ1) is 15.8. The summed E-state index contributed by atoms with van der Waals surface area (Å²) in [5.41, 5.74) is 2.25. The van der Waals surface area contributed by atoms with Crippen LogP contribution in [-0.4, -0.2) is 42.1 Å². The Morgan fingerprint density at radius 3 is 2.55 bits per heavy atom. The summed E-state index contributed by atoms with van der Waals surface area (Å²) in [6, 6.07) is 6.58. The monoisotopic (exact) mass is 342 g/mol. The number of benzene rings is 1. The van der Waals surface area contributed by atoms with E-state index in [1.807, 2.05) is 11.0 Å². The Morgan fingerprint density at radius 2 is 2.00 bits per heavy atom. The summed E-state index contributed by atoms with van der Waals surface area (Å²) < 4.78 is 1.00. The van der Waals surface area contributed by atoms with E-state index in [0.29, 0.717) is 19.1 Å². The van der Waals surface area contributed by atoms with Gasteiger partial charge in [-0.1, -0.05) is 13.0 Å². The van der Waals surface area contributed by atoms with Gasteiger partial charge in [-0.2, -0.15) is 0 Å². The average Bonchev–Trinajstić information content (AvgIpc) is 2.75. The molecule has 0 radical (unpaired) electrons. The van der Waals surface area contributed by atoms with Crippen molar-refractivity contribution in [2.75, 3.05) is 24.5 Å². The zero-order valence-corrected chi connectivity index (χ0v) is 13.6. The number of nitrogens with zero attached hydrogens (tertiary/aromatic N) is 1. The van der Waals surface area contributed by atoms with Gasteiger partial charge in [0.25, 0.3) is 0 Å². The molecule has 1 fully saturated rings. The van der Waals surface area contributed by atoms with Crippen LogP contribution in [0, 0.1) is 0 Å². The maximum atomic E-state index is 9.64. The Morgan fingerprint density at radius 1 is 1.35 bits per heavy atom. The number of halogens is 1. The number of hydrogen-bond acceptors (Lipinski definition) is 4. The molecule has 1 heterocycles. The molecule has 0 aliphatic carbocycles. The molecule has 112 valence electrons. The second kappa shape index (κ2) is 6.89. The van der Waals surface area contributed by atoms with Crippen LogP contribution in [0.15, 0.2) is 22.7 Å². The zero-order chi connectivity index (χ0) is 14.7. The lowest BCUT2D eigenvalue weighted by atomic mass is 10.1. The molecule has 2 rings (SSSR count). The molecule has 1 saturated heterocycles.